The lowest BCUT2D eigenvalue weighted by atomic mass is 10.1. The molecule has 130 valence electrons. The van der Waals surface area contributed by atoms with Gasteiger partial charge >= 0.3 is 0 Å². The van der Waals surface area contributed by atoms with Crippen LogP contribution < -0.4 is 26.3 Å². The first-order valence-corrected chi connectivity index (χ1v) is 8.19. The van der Waals surface area contributed by atoms with Crippen LogP contribution in [0.5, 0.6) is 5.75 Å². The number of benzene rings is 2. The quantitative estimate of drug-likeness (QED) is 0.548. The summed E-state index contributed by atoms with van der Waals surface area (Å²) in [7, 11) is 0. The minimum absolute atomic E-state index is 0. The standard InChI is InChI=1S/C20H18ClFNO.BrH/c21-17-6-4-16(5-7-17)15-19-3-1-2-12-23(19)13-14-24-20-10-8-18(22)9-11-20;/h1-12H,13-15H2;1H/q+1;/p-1. The maximum Gasteiger partial charge on any atom is 0.185 e. The lowest BCUT2D eigenvalue weighted by molar-refractivity contribution is -0.704. The third-order valence-corrected chi connectivity index (χ3v) is 4.00. The SMILES string of the molecule is Fc1ccc(OCC[n+]2ccccc2Cc2ccc(Cl)cc2)cc1.[Br-]. The number of aromatic nitrogens is 1. The summed E-state index contributed by atoms with van der Waals surface area (Å²) in [4.78, 5) is 0. The van der Waals surface area contributed by atoms with E-state index in [1.165, 1.54) is 23.4 Å². The number of halogens is 3. The summed E-state index contributed by atoms with van der Waals surface area (Å²) >= 11 is 5.94. The first kappa shape index (κ1) is 19.4. The van der Waals surface area contributed by atoms with Gasteiger partial charge in [0.25, 0.3) is 0 Å². The van der Waals surface area contributed by atoms with E-state index in [0.29, 0.717) is 12.4 Å². The smallest absolute Gasteiger partial charge is 0.185 e. The predicted molar refractivity (Wildman–Crippen MR) is 92.8 cm³/mol. The van der Waals surface area contributed by atoms with Crippen molar-refractivity contribution in [3.63, 3.8) is 0 Å². The normalized spacial score (nSPS) is 10.2. The average molecular weight is 423 g/mol. The van der Waals surface area contributed by atoms with E-state index >= 15 is 0 Å². The second kappa shape index (κ2) is 9.54. The van der Waals surface area contributed by atoms with Gasteiger partial charge < -0.3 is 21.7 Å². The van der Waals surface area contributed by atoms with Crippen molar-refractivity contribution in [3.8, 4) is 5.75 Å². The third-order valence-electron chi connectivity index (χ3n) is 3.75. The average Bonchev–Trinajstić information content (AvgIpc) is 2.60. The van der Waals surface area contributed by atoms with Crippen LogP contribution in [0.2, 0.25) is 5.02 Å². The van der Waals surface area contributed by atoms with Gasteiger partial charge in [-0.25, -0.2) is 4.39 Å². The van der Waals surface area contributed by atoms with Gasteiger partial charge in [0.05, 0.1) is 6.42 Å². The molecule has 0 aliphatic rings. The van der Waals surface area contributed by atoms with Crippen molar-refractivity contribution in [2.45, 2.75) is 13.0 Å². The molecule has 1 aromatic heterocycles. The van der Waals surface area contributed by atoms with Gasteiger partial charge in [0.1, 0.15) is 18.2 Å². The van der Waals surface area contributed by atoms with Crippen LogP contribution in [0.15, 0.2) is 72.9 Å². The molecule has 0 saturated heterocycles. The molecule has 0 fully saturated rings. The Hall–Kier alpha value is -1.91. The summed E-state index contributed by atoms with van der Waals surface area (Å²) < 4.78 is 20.7. The van der Waals surface area contributed by atoms with Crippen LogP contribution in [-0.2, 0) is 13.0 Å². The van der Waals surface area contributed by atoms with E-state index in [0.717, 1.165) is 18.0 Å². The Morgan fingerprint density at radius 2 is 1.64 bits per heavy atom. The monoisotopic (exact) mass is 421 g/mol. The summed E-state index contributed by atoms with van der Waals surface area (Å²) in [5, 5.41) is 0.743. The van der Waals surface area contributed by atoms with Crippen LogP contribution in [0.4, 0.5) is 4.39 Å². The molecule has 0 aliphatic heterocycles. The molecule has 0 radical (unpaired) electrons. The number of pyridine rings is 1. The molecule has 0 bridgehead atoms. The third kappa shape index (κ3) is 5.83. The van der Waals surface area contributed by atoms with Crippen LogP contribution in [-0.4, -0.2) is 6.61 Å². The van der Waals surface area contributed by atoms with Crippen molar-refractivity contribution in [3.05, 3.63) is 95.0 Å². The highest BCUT2D eigenvalue weighted by Crippen LogP contribution is 2.13. The Bertz CT molecular complexity index is 794. The van der Waals surface area contributed by atoms with Gasteiger partial charge in [-0.3, -0.25) is 0 Å². The maximum absolute atomic E-state index is 12.9. The predicted octanol–water partition coefficient (Wildman–Crippen LogP) is 1.44. The van der Waals surface area contributed by atoms with E-state index in [1.54, 1.807) is 12.1 Å². The lowest BCUT2D eigenvalue weighted by Crippen LogP contribution is -3.00. The fraction of sp³-hybridized carbons (Fsp3) is 0.150. The van der Waals surface area contributed by atoms with Gasteiger partial charge in [-0.15, -0.1) is 0 Å². The van der Waals surface area contributed by atoms with E-state index in [2.05, 4.69) is 10.6 Å². The number of hydrogen-bond donors (Lipinski definition) is 0. The Kier molecular flexibility index (Phi) is 7.41. The Labute approximate surface area is 162 Å². The number of nitrogens with zero attached hydrogens (tertiary/aromatic N) is 1. The van der Waals surface area contributed by atoms with E-state index < -0.39 is 0 Å². The van der Waals surface area contributed by atoms with Crippen molar-refractivity contribution in [2.24, 2.45) is 0 Å². The minimum Gasteiger partial charge on any atom is -1.00 e. The molecule has 3 aromatic rings. The lowest BCUT2D eigenvalue weighted by Gasteiger charge is -2.07. The van der Waals surface area contributed by atoms with Crippen molar-refractivity contribution >= 4 is 11.6 Å². The summed E-state index contributed by atoms with van der Waals surface area (Å²) in [5.41, 5.74) is 2.40. The molecule has 0 saturated carbocycles. The van der Waals surface area contributed by atoms with Gasteiger partial charge in [0.2, 0.25) is 0 Å². The van der Waals surface area contributed by atoms with Crippen molar-refractivity contribution < 1.29 is 30.7 Å². The Morgan fingerprint density at radius 1 is 0.920 bits per heavy atom. The summed E-state index contributed by atoms with van der Waals surface area (Å²) in [6.07, 6.45) is 2.87. The first-order valence-electron chi connectivity index (χ1n) is 7.81. The number of hydrogen-bond acceptors (Lipinski definition) is 1. The summed E-state index contributed by atoms with van der Waals surface area (Å²) in [6, 6.07) is 20.1. The van der Waals surface area contributed by atoms with E-state index in [1.807, 2.05) is 42.6 Å². The zero-order chi connectivity index (χ0) is 16.8. The van der Waals surface area contributed by atoms with Crippen LogP contribution in [0.3, 0.4) is 0 Å². The van der Waals surface area contributed by atoms with Crippen molar-refractivity contribution in [1.82, 2.24) is 0 Å². The fourth-order valence-corrected chi connectivity index (χ4v) is 2.62. The molecule has 0 aliphatic carbocycles. The van der Waals surface area contributed by atoms with E-state index in [4.69, 9.17) is 16.3 Å². The summed E-state index contributed by atoms with van der Waals surface area (Å²) in [5.74, 6) is 0.414. The summed E-state index contributed by atoms with van der Waals surface area (Å²) in [6.45, 7) is 1.25. The Morgan fingerprint density at radius 3 is 2.36 bits per heavy atom. The molecule has 0 spiro atoms. The molecule has 0 N–H and O–H groups in total. The van der Waals surface area contributed by atoms with Crippen molar-refractivity contribution in [2.75, 3.05) is 6.61 Å². The van der Waals surface area contributed by atoms with Gasteiger partial charge in [0.15, 0.2) is 18.4 Å². The second-order valence-corrected chi connectivity index (χ2v) is 5.93. The molecule has 2 nitrogen and oxygen atoms in total. The maximum atomic E-state index is 12.9. The van der Waals surface area contributed by atoms with Crippen LogP contribution >= 0.6 is 11.6 Å². The number of ether oxygens (including phenoxy) is 1. The molecule has 1 heterocycles. The zero-order valence-electron chi connectivity index (χ0n) is 13.5. The molecule has 0 amide bonds. The molecule has 0 atom stereocenters. The largest absolute Gasteiger partial charge is 1.00 e. The van der Waals surface area contributed by atoms with Gasteiger partial charge in [0, 0.05) is 17.2 Å². The minimum atomic E-state index is -0.259. The highest BCUT2D eigenvalue weighted by molar-refractivity contribution is 6.30. The first-order chi connectivity index (χ1) is 11.7. The van der Waals surface area contributed by atoms with Gasteiger partial charge in [-0.05, 0) is 42.0 Å². The highest BCUT2D eigenvalue weighted by Gasteiger charge is 2.10. The van der Waals surface area contributed by atoms with E-state index in [9.17, 15) is 4.39 Å². The topological polar surface area (TPSA) is 13.1 Å². The molecule has 3 rings (SSSR count). The van der Waals surface area contributed by atoms with Crippen LogP contribution in [0, 0.1) is 5.82 Å². The molecule has 25 heavy (non-hydrogen) atoms. The fourth-order valence-electron chi connectivity index (χ4n) is 2.49. The molecule has 5 heteroatoms. The van der Waals surface area contributed by atoms with Crippen LogP contribution in [0.25, 0.3) is 0 Å². The second-order valence-electron chi connectivity index (χ2n) is 5.49. The molecular formula is C20H18BrClFNO. The van der Waals surface area contributed by atoms with Gasteiger partial charge in [-0.2, -0.15) is 4.57 Å². The number of rotatable bonds is 6. The van der Waals surface area contributed by atoms with Crippen molar-refractivity contribution in [1.29, 1.82) is 0 Å². The van der Waals surface area contributed by atoms with Gasteiger partial charge in [-0.1, -0.05) is 29.8 Å². The Balaban J connectivity index is 0.00000225. The van der Waals surface area contributed by atoms with Crippen LogP contribution in [0.1, 0.15) is 11.3 Å². The molecule has 2 aromatic carbocycles. The molecule has 0 unspecified atom stereocenters. The highest BCUT2D eigenvalue weighted by atomic mass is 79.9. The van der Waals surface area contributed by atoms with E-state index in [-0.39, 0.29) is 22.8 Å². The zero-order valence-corrected chi connectivity index (χ0v) is 15.9. The molecular weight excluding hydrogens is 405 g/mol.